The third-order valence-electron chi connectivity index (χ3n) is 3.87. The summed E-state index contributed by atoms with van der Waals surface area (Å²) in [5, 5.41) is 1.75. The molecular weight excluding hydrogens is 244 g/mol. The van der Waals surface area contributed by atoms with E-state index in [2.05, 4.69) is 6.92 Å². The fraction of sp³-hybridized carbons (Fsp3) is 0.400. The first-order valence-electron chi connectivity index (χ1n) is 6.54. The Labute approximate surface area is 112 Å². The Morgan fingerprint density at radius 2 is 1.94 bits per heavy atom. The Morgan fingerprint density at radius 3 is 2.78 bits per heavy atom. The number of hydrogen-bond acceptors (Lipinski definition) is 2. The minimum atomic E-state index is 0.703. The summed E-state index contributed by atoms with van der Waals surface area (Å²) in [6.45, 7) is 2.07. The molecule has 0 saturated heterocycles. The first-order chi connectivity index (χ1) is 8.68. The van der Waals surface area contributed by atoms with Crippen molar-refractivity contribution in [1.82, 2.24) is 4.98 Å². The van der Waals surface area contributed by atoms with Crippen molar-refractivity contribution in [2.75, 3.05) is 5.73 Å². The minimum absolute atomic E-state index is 0.703. The molecule has 0 amide bonds. The quantitative estimate of drug-likeness (QED) is 0.726. The molecule has 1 aromatic carbocycles. The maximum atomic E-state index is 6.38. The number of anilines is 1. The van der Waals surface area contributed by atoms with Gasteiger partial charge < -0.3 is 5.73 Å². The predicted molar refractivity (Wildman–Crippen MR) is 77.2 cm³/mol. The molecule has 0 bridgehead atoms. The van der Waals surface area contributed by atoms with Gasteiger partial charge in [0.1, 0.15) is 0 Å². The SMILES string of the molecule is Cc1ccc(Cl)c2nc3c(c(N)c12)CCCCC3. The maximum absolute atomic E-state index is 6.38. The van der Waals surface area contributed by atoms with E-state index < -0.39 is 0 Å². The van der Waals surface area contributed by atoms with Crippen LogP contribution in [0.25, 0.3) is 10.9 Å². The number of aromatic nitrogens is 1. The molecule has 2 aromatic rings. The van der Waals surface area contributed by atoms with Gasteiger partial charge in [-0.3, -0.25) is 4.98 Å². The molecule has 3 heteroatoms. The van der Waals surface area contributed by atoms with Gasteiger partial charge in [0.15, 0.2) is 0 Å². The molecule has 1 aliphatic rings. The Morgan fingerprint density at radius 1 is 1.17 bits per heavy atom. The van der Waals surface area contributed by atoms with Gasteiger partial charge in [-0.1, -0.05) is 24.1 Å². The van der Waals surface area contributed by atoms with E-state index in [1.165, 1.54) is 24.8 Å². The van der Waals surface area contributed by atoms with Crippen LogP contribution in [0, 0.1) is 6.92 Å². The second kappa shape index (κ2) is 4.43. The largest absolute Gasteiger partial charge is 0.398 e. The van der Waals surface area contributed by atoms with E-state index in [1.807, 2.05) is 12.1 Å². The number of benzene rings is 1. The molecule has 0 aliphatic heterocycles. The summed E-state index contributed by atoms with van der Waals surface area (Å²) in [7, 11) is 0. The lowest BCUT2D eigenvalue weighted by Gasteiger charge is -2.14. The van der Waals surface area contributed by atoms with E-state index in [0.717, 1.165) is 40.7 Å². The number of nitrogens with zero attached hydrogens (tertiary/aromatic N) is 1. The van der Waals surface area contributed by atoms with E-state index in [-0.39, 0.29) is 0 Å². The van der Waals surface area contributed by atoms with Crippen LogP contribution in [0.4, 0.5) is 5.69 Å². The third kappa shape index (κ3) is 1.76. The molecule has 2 nitrogen and oxygen atoms in total. The fourth-order valence-corrected chi connectivity index (χ4v) is 3.08. The fourth-order valence-electron chi connectivity index (χ4n) is 2.88. The highest BCUT2D eigenvalue weighted by Gasteiger charge is 2.17. The summed E-state index contributed by atoms with van der Waals surface area (Å²) in [6, 6.07) is 3.93. The molecule has 3 rings (SSSR count). The van der Waals surface area contributed by atoms with E-state index >= 15 is 0 Å². The number of halogens is 1. The number of nitrogen functional groups attached to an aromatic ring is 1. The Bertz CT molecular complexity index is 620. The van der Waals surface area contributed by atoms with Crippen molar-refractivity contribution in [3.05, 3.63) is 34.0 Å². The summed E-state index contributed by atoms with van der Waals surface area (Å²) in [5.41, 5.74) is 11.7. The monoisotopic (exact) mass is 260 g/mol. The van der Waals surface area contributed by atoms with Crippen LogP contribution in [0.2, 0.25) is 5.02 Å². The highest BCUT2D eigenvalue weighted by Crippen LogP contribution is 2.35. The molecule has 1 aromatic heterocycles. The van der Waals surface area contributed by atoms with E-state index in [0.29, 0.717) is 5.02 Å². The molecule has 0 saturated carbocycles. The van der Waals surface area contributed by atoms with Crippen LogP contribution >= 0.6 is 11.6 Å². The molecule has 1 heterocycles. The standard InChI is InChI=1S/C15H17ClN2/c1-9-7-8-11(16)15-13(9)14(17)10-5-3-2-4-6-12(10)18-15/h7-8H,2-6H2,1H3,(H2,17,18). The summed E-state index contributed by atoms with van der Waals surface area (Å²) >= 11 is 6.27. The molecule has 0 radical (unpaired) electrons. The summed E-state index contributed by atoms with van der Waals surface area (Å²) in [6.07, 6.45) is 5.76. The first-order valence-corrected chi connectivity index (χ1v) is 6.92. The highest BCUT2D eigenvalue weighted by molar-refractivity contribution is 6.35. The lowest BCUT2D eigenvalue weighted by Crippen LogP contribution is -2.04. The molecule has 0 atom stereocenters. The number of pyridine rings is 1. The smallest absolute Gasteiger partial charge is 0.0915 e. The topological polar surface area (TPSA) is 38.9 Å². The van der Waals surface area contributed by atoms with Crippen LogP contribution in [0.15, 0.2) is 12.1 Å². The number of rotatable bonds is 0. The van der Waals surface area contributed by atoms with Crippen molar-refractivity contribution in [3.63, 3.8) is 0 Å². The maximum Gasteiger partial charge on any atom is 0.0915 e. The van der Waals surface area contributed by atoms with Crippen LogP contribution < -0.4 is 5.73 Å². The number of aryl methyl sites for hydroxylation is 2. The van der Waals surface area contributed by atoms with Gasteiger partial charge in [-0.05, 0) is 49.8 Å². The highest BCUT2D eigenvalue weighted by atomic mass is 35.5. The van der Waals surface area contributed by atoms with Gasteiger partial charge in [0.05, 0.1) is 10.5 Å². The number of hydrogen-bond donors (Lipinski definition) is 1. The molecule has 0 fully saturated rings. The van der Waals surface area contributed by atoms with Gasteiger partial charge in [-0.15, -0.1) is 0 Å². The zero-order valence-corrected chi connectivity index (χ0v) is 11.3. The average molecular weight is 261 g/mol. The Hall–Kier alpha value is -1.28. The van der Waals surface area contributed by atoms with Crippen LogP contribution in [0.3, 0.4) is 0 Å². The Kier molecular flexibility index (Phi) is 2.90. The normalized spacial score (nSPS) is 15.4. The second-order valence-electron chi connectivity index (χ2n) is 5.10. The predicted octanol–water partition coefficient (Wildman–Crippen LogP) is 4.05. The molecule has 1 aliphatic carbocycles. The van der Waals surface area contributed by atoms with E-state index in [1.54, 1.807) is 0 Å². The van der Waals surface area contributed by atoms with Gasteiger partial charge >= 0.3 is 0 Å². The summed E-state index contributed by atoms with van der Waals surface area (Å²) < 4.78 is 0. The van der Waals surface area contributed by atoms with Crippen LogP contribution in [-0.2, 0) is 12.8 Å². The molecule has 0 spiro atoms. The van der Waals surface area contributed by atoms with Crippen molar-refractivity contribution in [2.24, 2.45) is 0 Å². The first kappa shape index (κ1) is 11.8. The zero-order valence-electron chi connectivity index (χ0n) is 10.6. The number of nitrogens with two attached hydrogens (primary N) is 1. The molecule has 18 heavy (non-hydrogen) atoms. The minimum Gasteiger partial charge on any atom is -0.398 e. The van der Waals surface area contributed by atoms with Gasteiger partial charge in [0.2, 0.25) is 0 Å². The third-order valence-corrected chi connectivity index (χ3v) is 4.17. The van der Waals surface area contributed by atoms with Crippen LogP contribution in [0.5, 0.6) is 0 Å². The molecule has 94 valence electrons. The molecular formula is C15H17ClN2. The van der Waals surface area contributed by atoms with Crippen molar-refractivity contribution < 1.29 is 0 Å². The second-order valence-corrected chi connectivity index (χ2v) is 5.51. The van der Waals surface area contributed by atoms with E-state index in [9.17, 15) is 0 Å². The van der Waals surface area contributed by atoms with Crippen LogP contribution in [-0.4, -0.2) is 4.98 Å². The lowest BCUT2D eigenvalue weighted by molar-refractivity contribution is 0.709. The Balaban J connectivity index is 2.38. The zero-order chi connectivity index (χ0) is 12.7. The van der Waals surface area contributed by atoms with Gasteiger partial charge in [0, 0.05) is 16.8 Å². The van der Waals surface area contributed by atoms with Crippen molar-refractivity contribution in [1.29, 1.82) is 0 Å². The van der Waals surface area contributed by atoms with E-state index in [4.69, 9.17) is 22.3 Å². The molecule has 0 unspecified atom stereocenters. The van der Waals surface area contributed by atoms with Crippen molar-refractivity contribution in [2.45, 2.75) is 39.0 Å². The molecule has 2 N–H and O–H groups in total. The van der Waals surface area contributed by atoms with Gasteiger partial charge in [-0.2, -0.15) is 0 Å². The average Bonchev–Trinajstić information content (AvgIpc) is 2.59. The lowest BCUT2D eigenvalue weighted by atomic mass is 9.99. The number of fused-ring (bicyclic) bond motifs is 2. The summed E-state index contributed by atoms with van der Waals surface area (Å²) in [4.78, 5) is 4.78. The van der Waals surface area contributed by atoms with Crippen LogP contribution in [0.1, 0.15) is 36.1 Å². The summed E-state index contributed by atoms with van der Waals surface area (Å²) in [5.74, 6) is 0. The van der Waals surface area contributed by atoms with Crippen molar-refractivity contribution >= 4 is 28.2 Å². The van der Waals surface area contributed by atoms with Gasteiger partial charge in [-0.25, -0.2) is 0 Å². The van der Waals surface area contributed by atoms with Crippen molar-refractivity contribution in [3.8, 4) is 0 Å². The van der Waals surface area contributed by atoms with Gasteiger partial charge in [0.25, 0.3) is 0 Å².